The molecule has 1 aromatic heterocycles. The first-order chi connectivity index (χ1) is 11.0. The van der Waals surface area contributed by atoms with E-state index in [0.29, 0.717) is 31.8 Å². The Morgan fingerprint density at radius 2 is 2.04 bits per heavy atom. The summed E-state index contributed by atoms with van der Waals surface area (Å²) in [7, 11) is 0. The summed E-state index contributed by atoms with van der Waals surface area (Å²) in [6, 6.07) is 2.03. The van der Waals surface area contributed by atoms with Gasteiger partial charge in [0.2, 0.25) is 5.91 Å². The normalized spacial score (nSPS) is 25.5. The van der Waals surface area contributed by atoms with Gasteiger partial charge in [0.05, 0.1) is 0 Å². The quantitative estimate of drug-likeness (QED) is 0.854. The molecule has 1 atom stereocenters. The van der Waals surface area contributed by atoms with Gasteiger partial charge in [0, 0.05) is 43.9 Å². The summed E-state index contributed by atoms with van der Waals surface area (Å²) >= 11 is 0. The lowest BCUT2D eigenvalue weighted by Gasteiger charge is -2.38. The zero-order valence-electron chi connectivity index (χ0n) is 13.7. The van der Waals surface area contributed by atoms with E-state index in [0.717, 1.165) is 25.8 Å². The van der Waals surface area contributed by atoms with Gasteiger partial charge >= 0.3 is 0 Å². The SMILES string of the molecule is CCn1nccc1C1CCN(C(=O)C2CCCCC2(F)F)CC1. The van der Waals surface area contributed by atoms with E-state index in [-0.39, 0.29) is 12.3 Å². The Labute approximate surface area is 135 Å². The van der Waals surface area contributed by atoms with Crippen LogP contribution < -0.4 is 0 Å². The zero-order valence-corrected chi connectivity index (χ0v) is 13.7. The summed E-state index contributed by atoms with van der Waals surface area (Å²) in [6.07, 6.45) is 4.91. The maximum Gasteiger partial charge on any atom is 0.259 e. The first kappa shape index (κ1) is 16.4. The summed E-state index contributed by atoms with van der Waals surface area (Å²) in [4.78, 5) is 14.2. The van der Waals surface area contributed by atoms with E-state index in [9.17, 15) is 13.6 Å². The fourth-order valence-electron chi connectivity index (χ4n) is 3.97. The molecule has 1 aliphatic heterocycles. The predicted molar refractivity (Wildman–Crippen MR) is 83.4 cm³/mol. The number of rotatable bonds is 3. The van der Waals surface area contributed by atoms with Crippen molar-refractivity contribution in [3.63, 3.8) is 0 Å². The number of hydrogen-bond acceptors (Lipinski definition) is 2. The maximum absolute atomic E-state index is 14.0. The number of aromatic nitrogens is 2. The van der Waals surface area contributed by atoms with Gasteiger partial charge in [-0.1, -0.05) is 6.42 Å². The summed E-state index contributed by atoms with van der Waals surface area (Å²) in [6.45, 7) is 4.03. The van der Waals surface area contributed by atoms with Crippen LogP contribution in [0.2, 0.25) is 0 Å². The lowest BCUT2D eigenvalue weighted by molar-refractivity contribution is -0.156. The van der Waals surface area contributed by atoms with Gasteiger partial charge in [-0.2, -0.15) is 5.10 Å². The lowest BCUT2D eigenvalue weighted by Crippen LogP contribution is -2.48. The van der Waals surface area contributed by atoms with Crippen LogP contribution in [0.25, 0.3) is 0 Å². The average molecular weight is 325 g/mol. The van der Waals surface area contributed by atoms with Gasteiger partial charge < -0.3 is 4.90 Å². The smallest absolute Gasteiger partial charge is 0.259 e. The minimum absolute atomic E-state index is 0.143. The van der Waals surface area contributed by atoms with E-state index < -0.39 is 11.8 Å². The first-order valence-electron chi connectivity index (χ1n) is 8.71. The largest absolute Gasteiger partial charge is 0.342 e. The van der Waals surface area contributed by atoms with Gasteiger partial charge in [0.1, 0.15) is 5.92 Å². The van der Waals surface area contributed by atoms with Crippen molar-refractivity contribution in [3.05, 3.63) is 18.0 Å². The van der Waals surface area contributed by atoms with E-state index in [4.69, 9.17) is 0 Å². The number of carbonyl (C=O) groups is 1. The third-order valence-electron chi connectivity index (χ3n) is 5.33. The van der Waals surface area contributed by atoms with Crippen LogP contribution in [0.5, 0.6) is 0 Å². The van der Waals surface area contributed by atoms with Gasteiger partial charge in [0.25, 0.3) is 5.92 Å². The van der Waals surface area contributed by atoms with Crippen LogP contribution in [-0.4, -0.2) is 39.6 Å². The molecule has 4 nitrogen and oxygen atoms in total. The summed E-state index contributed by atoms with van der Waals surface area (Å²) < 4.78 is 30.0. The first-order valence-corrected chi connectivity index (χ1v) is 8.71. The number of halogens is 2. The van der Waals surface area contributed by atoms with Crippen molar-refractivity contribution in [2.75, 3.05) is 13.1 Å². The Hall–Kier alpha value is -1.46. The van der Waals surface area contributed by atoms with E-state index >= 15 is 0 Å². The van der Waals surface area contributed by atoms with Crippen LogP contribution in [0, 0.1) is 5.92 Å². The topological polar surface area (TPSA) is 38.1 Å². The summed E-state index contributed by atoms with van der Waals surface area (Å²) in [5.74, 6) is -3.90. The third kappa shape index (κ3) is 3.26. The molecule has 3 rings (SSSR count). The van der Waals surface area contributed by atoms with Gasteiger partial charge in [-0.15, -0.1) is 0 Å². The van der Waals surface area contributed by atoms with E-state index in [1.54, 1.807) is 11.1 Å². The van der Waals surface area contributed by atoms with Crippen molar-refractivity contribution >= 4 is 5.91 Å². The molecule has 0 spiro atoms. The summed E-state index contributed by atoms with van der Waals surface area (Å²) in [5.41, 5.74) is 1.20. The fourth-order valence-corrected chi connectivity index (χ4v) is 3.97. The van der Waals surface area contributed by atoms with Crippen molar-refractivity contribution < 1.29 is 13.6 Å². The van der Waals surface area contributed by atoms with Gasteiger partial charge in [-0.05, 0) is 38.7 Å². The molecule has 0 aromatic carbocycles. The van der Waals surface area contributed by atoms with E-state index in [1.807, 2.05) is 10.7 Å². The molecule has 1 aliphatic carbocycles. The van der Waals surface area contributed by atoms with Crippen LogP contribution in [0.15, 0.2) is 12.3 Å². The molecule has 0 bridgehead atoms. The highest BCUT2D eigenvalue weighted by atomic mass is 19.3. The molecule has 2 fully saturated rings. The molecule has 1 amide bonds. The highest BCUT2D eigenvalue weighted by Gasteiger charge is 2.47. The Bertz CT molecular complexity index is 550. The standard InChI is InChI=1S/C17H25F2N3O/c1-2-22-15(6-10-20-22)13-7-11-21(12-8-13)16(23)14-5-3-4-9-17(14,18)19/h6,10,13-14H,2-5,7-9,11-12H2,1H3. The molecular weight excluding hydrogens is 300 g/mol. The molecule has 0 N–H and O–H groups in total. The maximum atomic E-state index is 14.0. The Morgan fingerprint density at radius 3 is 2.70 bits per heavy atom. The van der Waals surface area contributed by atoms with Crippen LogP contribution in [0.4, 0.5) is 8.78 Å². The monoisotopic (exact) mass is 325 g/mol. The van der Waals surface area contributed by atoms with Crippen LogP contribution >= 0.6 is 0 Å². The molecule has 6 heteroatoms. The van der Waals surface area contributed by atoms with E-state index in [1.165, 1.54) is 5.69 Å². The molecule has 1 unspecified atom stereocenters. The second kappa shape index (κ2) is 6.57. The third-order valence-corrected chi connectivity index (χ3v) is 5.33. The molecule has 2 aliphatic rings. The number of alkyl halides is 2. The Balaban J connectivity index is 1.61. The molecule has 1 saturated heterocycles. The van der Waals surface area contributed by atoms with Crippen molar-refractivity contribution in [3.8, 4) is 0 Å². The number of piperidine rings is 1. The predicted octanol–water partition coefficient (Wildman–Crippen LogP) is 3.43. The number of amides is 1. The van der Waals surface area contributed by atoms with Crippen molar-refractivity contribution in [1.82, 2.24) is 14.7 Å². The Kier molecular flexibility index (Phi) is 4.69. The number of aryl methyl sites for hydroxylation is 1. The van der Waals surface area contributed by atoms with Crippen LogP contribution in [0.3, 0.4) is 0 Å². The number of carbonyl (C=O) groups excluding carboxylic acids is 1. The number of hydrogen-bond donors (Lipinski definition) is 0. The Morgan fingerprint density at radius 1 is 1.30 bits per heavy atom. The van der Waals surface area contributed by atoms with Crippen LogP contribution in [0.1, 0.15) is 57.1 Å². The molecular formula is C17H25F2N3O. The highest BCUT2D eigenvalue weighted by Crippen LogP contribution is 2.40. The summed E-state index contributed by atoms with van der Waals surface area (Å²) in [5, 5.41) is 4.29. The van der Waals surface area contributed by atoms with E-state index in [2.05, 4.69) is 12.0 Å². The van der Waals surface area contributed by atoms with Crippen molar-refractivity contribution in [1.29, 1.82) is 0 Å². The number of nitrogens with zero attached hydrogens (tertiary/aromatic N) is 3. The minimum atomic E-state index is -2.83. The second-order valence-electron chi connectivity index (χ2n) is 6.73. The molecule has 1 aromatic rings. The average Bonchev–Trinajstić information content (AvgIpc) is 3.02. The number of likely N-dealkylation sites (tertiary alicyclic amines) is 1. The second-order valence-corrected chi connectivity index (χ2v) is 6.73. The van der Waals surface area contributed by atoms with Gasteiger partial charge in [-0.3, -0.25) is 9.48 Å². The molecule has 23 heavy (non-hydrogen) atoms. The van der Waals surface area contributed by atoms with Crippen LogP contribution in [-0.2, 0) is 11.3 Å². The molecule has 2 heterocycles. The molecule has 1 saturated carbocycles. The van der Waals surface area contributed by atoms with Crippen molar-refractivity contribution in [2.24, 2.45) is 5.92 Å². The fraction of sp³-hybridized carbons (Fsp3) is 0.765. The van der Waals surface area contributed by atoms with Crippen molar-refractivity contribution in [2.45, 2.75) is 63.8 Å². The van der Waals surface area contributed by atoms with Gasteiger partial charge in [0.15, 0.2) is 0 Å². The zero-order chi connectivity index (χ0) is 16.4. The minimum Gasteiger partial charge on any atom is -0.342 e. The van der Waals surface area contributed by atoms with Gasteiger partial charge in [-0.25, -0.2) is 8.78 Å². The molecule has 0 radical (unpaired) electrons. The molecule has 128 valence electrons. The lowest BCUT2D eigenvalue weighted by atomic mass is 9.83. The highest BCUT2D eigenvalue weighted by molar-refractivity contribution is 5.80.